The number of carbonyl (C=O) groups excluding carboxylic acids is 1. The highest BCUT2D eigenvalue weighted by molar-refractivity contribution is 6.32. The van der Waals surface area contributed by atoms with Crippen molar-refractivity contribution in [2.45, 2.75) is 18.9 Å². The summed E-state index contributed by atoms with van der Waals surface area (Å²) in [5, 5.41) is 0.486. The average Bonchev–Trinajstić information content (AvgIpc) is 2.69. The first kappa shape index (κ1) is 19.3. The summed E-state index contributed by atoms with van der Waals surface area (Å²) in [6, 6.07) is 11.0. The lowest BCUT2D eigenvalue weighted by Gasteiger charge is -2.32. The Kier molecular flexibility index (Phi) is 6.40. The smallest absolute Gasteiger partial charge is 0.260 e. The predicted octanol–water partition coefficient (Wildman–Crippen LogP) is 3.94. The Morgan fingerprint density at radius 1 is 1.15 bits per heavy atom. The van der Waals surface area contributed by atoms with Crippen LogP contribution in [0.2, 0.25) is 5.02 Å². The van der Waals surface area contributed by atoms with Crippen LogP contribution in [-0.4, -0.2) is 43.7 Å². The SMILES string of the molecule is COc1cc(OCC(=O)N2CCC(Oc3ccc(F)cc3)CC2)ccc1Cl. The fourth-order valence-electron chi connectivity index (χ4n) is 2.89. The van der Waals surface area contributed by atoms with Crippen LogP contribution in [0.5, 0.6) is 17.2 Å². The van der Waals surface area contributed by atoms with Gasteiger partial charge in [0.25, 0.3) is 5.91 Å². The van der Waals surface area contributed by atoms with E-state index in [1.807, 2.05) is 0 Å². The molecule has 1 saturated heterocycles. The molecule has 3 rings (SSSR count). The van der Waals surface area contributed by atoms with E-state index in [0.717, 1.165) is 12.8 Å². The van der Waals surface area contributed by atoms with Crippen molar-refractivity contribution in [1.82, 2.24) is 4.90 Å². The van der Waals surface area contributed by atoms with Gasteiger partial charge in [0.05, 0.1) is 12.1 Å². The highest BCUT2D eigenvalue weighted by Crippen LogP contribution is 2.28. The van der Waals surface area contributed by atoms with Gasteiger partial charge in [0.1, 0.15) is 29.2 Å². The molecule has 2 aromatic carbocycles. The molecule has 7 heteroatoms. The first-order valence-electron chi connectivity index (χ1n) is 8.71. The predicted molar refractivity (Wildman–Crippen MR) is 100 cm³/mol. The first-order valence-corrected chi connectivity index (χ1v) is 9.09. The van der Waals surface area contributed by atoms with Crippen molar-refractivity contribution in [2.24, 2.45) is 0 Å². The Balaban J connectivity index is 1.45. The van der Waals surface area contributed by atoms with Gasteiger partial charge in [-0.05, 0) is 36.4 Å². The van der Waals surface area contributed by atoms with E-state index in [1.165, 1.54) is 19.2 Å². The van der Waals surface area contributed by atoms with Gasteiger partial charge in [-0.25, -0.2) is 4.39 Å². The zero-order valence-electron chi connectivity index (χ0n) is 15.0. The summed E-state index contributed by atoms with van der Waals surface area (Å²) in [7, 11) is 1.52. The molecule has 1 aliphatic heterocycles. The second-order valence-corrected chi connectivity index (χ2v) is 6.64. The van der Waals surface area contributed by atoms with Crippen LogP contribution in [0.25, 0.3) is 0 Å². The van der Waals surface area contributed by atoms with Gasteiger partial charge < -0.3 is 19.1 Å². The molecule has 2 aromatic rings. The van der Waals surface area contributed by atoms with Gasteiger partial charge in [-0.3, -0.25) is 4.79 Å². The van der Waals surface area contributed by atoms with Crippen molar-refractivity contribution in [3.8, 4) is 17.2 Å². The standard InChI is InChI=1S/C20H21ClFNO4/c1-25-19-12-17(6-7-18(19)21)26-13-20(24)23-10-8-16(9-11-23)27-15-4-2-14(22)3-5-15/h2-7,12,16H,8-11,13H2,1H3. The third-order valence-electron chi connectivity index (χ3n) is 4.40. The summed E-state index contributed by atoms with van der Waals surface area (Å²) in [6.07, 6.45) is 1.46. The minimum atomic E-state index is -0.291. The van der Waals surface area contributed by atoms with Crippen molar-refractivity contribution in [3.05, 3.63) is 53.3 Å². The lowest BCUT2D eigenvalue weighted by atomic mass is 10.1. The van der Waals surface area contributed by atoms with Crippen molar-refractivity contribution >= 4 is 17.5 Å². The van der Waals surface area contributed by atoms with E-state index in [4.69, 9.17) is 25.8 Å². The van der Waals surface area contributed by atoms with Crippen molar-refractivity contribution in [2.75, 3.05) is 26.8 Å². The van der Waals surface area contributed by atoms with Crippen LogP contribution < -0.4 is 14.2 Å². The largest absolute Gasteiger partial charge is 0.495 e. The van der Waals surface area contributed by atoms with Gasteiger partial charge in [0.2, 0.25) is 0 Å². The zero-order valence-corrected chi connectivity index (χ0v) is 15.7. The van der Waals surface area contributed by atoms with Crippen LogP contribution in [0.3, 0.4) is 0 Å². The van der Waals surface area contributed by atoms with Gasteiger partial charge in [-0.1, -0.05) is 11.6 Å². The summed E-state index contributed by atoms with van der Waals surface area (Å²) in [6.45, 7) is 1.14. The van der Waals surface area contributed by atoms with Gasteiger partial charge >= 0.3 is 0 Å². The van der Waals surface area contributed by atoms with E-state index < -0.39 is 0 Å². The molecular formula is C20H21ClFNO4. The third kappa shape index (κ3) is 5.26. The summed E-state index contributed by atoms with van der Waals surface area (Å²) in [5.41, 5.74) is 0. The Morgan fingerprint density at radius 3 is 2.48 bits per heavy atom. The van der Waals surface area contributed by atoms with E-state index in [1.54, 1.807) is 35.2 Å². The second-order valence-electron chi connectivity index (χ2n) is 6.24. The lowest BCUT2D eigenvalue weighted by Crippen LogP contribution is -2.43. The Labute approximate surface area is 162 Å². The van der Waals surface area contributed by atoms with Crippen molar-refractivity contribution < 1.29 is 23.4 Å². The van der Waals surface area contributed by atoms with Crippen LogP contribution in [0, 0.1) is 5.82 Å². The van der Waals surface area contributed by atoms with E-state index in [-0.39, 0.29) is 24.4 Å². The van der Waals surface area contributed by atoms with Crippen LogP contribution in [0.15, 0.2) is 42.5 Å². The quantitative estimate of drug-likeness (QED) is 0.746. The zero-order chi connectivity index (χ0) is 19.2. The number of hydrogen-bond acceptors (Lipinski definition) is 4. The molecule has 0 N–H and O–H groups in total. The molecule has 0 radical (unpaired) electrons. The molecule has 0 atom stereocenters. The number of rotatable bonds is 6. The molecule has 0 saturated carbocycles. The Morgan fingerprint density at radius 2 is 1.81 bits per heavy atom. The first-order chi connectivity index (χ1) is 13.0. The summed E-state index contributed by atoms with van der Waals surface area (Å²) < 4.78 is 29.5. The van der Waals surface area contributed by atoms with Gasteiger partial charge in [0, 0.05) is 32.0 Å². The number of likely N-dealkylation sites (tertiary alicyclic amines) is 1. The molecule has 1 heterocycles. The molecule has 0 spiro atoms. The average molecular weight is 394 g/mol. The highest BCUT2D eigenvalue weighted by atomic mass is 35.5. The molecule has 0 aromatic heterocycles. The number of ether oxygens (including phenoxy) is 3. The van der Waals surface area contributed by atoms with Gasteiger partial charge in [-0.15, -0.1) is 0 Å². The molecule has 0 bridgehead atoms. The van der Waals surface area contributed by atoms with E-state index in [2.05, 4.69) is 0 Å². The number of halogens is 2. The molecule has 0 unspecified atom stereocenters. The molecule has 1 fully saturated rings. The highest BCUT2D eigenvalue weighted by Gasteiger charge is 2.24. The fraction of sp³-hybridized carbons (Fsp3) is 0.350. The number of nitrogens with zero attached hydrogens (tertiary/aromatic N) is 1. The molecular weight excluding hydrogens is 373 g/mol. The molecule has 144 valence electrons. The van der Waals surface area contributed by atoms with Crippen molar-refractivity contribution in [3.63, 3.8) is 0 Å². The molecule has 0 aliphatic carbocycles. The summed E-state index contributed by atoms with van der Waals surface area (Å²) >= 11 is 5.97. The maximum atomic E-state index is 12.9. The van der Waals surface area contributed by atoms with Crippen LogP contribution in [0.4, 0.5) is 4.39 Å². The van der Waals surface area contributed by atoms with Crippen LogP contribution >= 0.6 is 11.6 Å². The maximum absolute atomic E-state index is 12.9. The normalized spacial score (nSPS) is 14.7. The number of amides is 1. The van der Waals surface area contributed by atoms with Crippen molar-refractivity contribution in [1.29, 1.82) is 0 Å². The second kappa shape index (κ2) is 8.95. The number of hydrogen-bond donors (Lipinski definition) is 0. The van der Waals surface area contributed by atoms with Gasteiger partial charge in [0.15, 0.2) is 6.61 Å². The van der Waals surface area contributed by atoms with E-state index in [0.29, 0.717) is 35.4 Å². The van der Waals surface area contributed by atoms with Crippen LogP contribution in [-0.2, 0) is 4.79 Å². The third-order valence-corrected chi connectivity index (χ3v) is 4.71. The molecule has 1 amide bonds. The number of methoxy groups -OCH3 is 1. The number of carbonyl (C=O) groups is 1. The van der Waals surface area contributed by atoms with E-state index in [9.17, 15) is 9.18 Å². The Bertz CT molecular complexity index is 776. The number of benzene rings is 2. The van der Waals surface area contributed by atoms with E-state index >= 15 is 0 Å². The number of piperidine rings is 1. The summed E-state index contributed by atoms with van der Waals surface area (Å²) in [4.78, 5) is 14.1. The molecule has 27 heavy (non-hydrogen) atoms. The molecule has 5 nitrogen and oxygen atoms in total. The minimum absolute atomic E-state index is 0.0148. The minimum Gasteiger partial charge on any atom is -0.495 e. The Hall–Kier alpha value is -2.47. The van der Waals surface area contributed by atoms with Gasteiger partial charge in [-0.2, -0.15) is 0 Å². The molecule has 1 aliphatic rings. The topological polar surface area (TPSA) is 48.0 Å². The maximum Gasteiger partial charge on any atom is 0.260 e. The lowest BCUT2D eigenvalue weighted by molar-refractivity contribution is -0.135. The summed E-state index contributed by atoms with van der Waals surface area (Å²) in [5.74, 6) is 1.30. The monoisotopic (exact) mass is 393 g/mol. The fourth-order valence-corrected chi connectivity index (χ4v) is 3.09. The van der Waals surface area contributed by atoms with Crippen LogP contribution in [0.1, 0.15) is 12.8 Å².